The predicted octanol–water partition coefficient (Wildman–Crippen LogP) is 1.09. The third-order valence-electron chi connectivity index (χ3n) is 3.77. The highest BCUT2D eigenvalue weighted by atomic mass is 32.2. The maximum Gasteiger partial charge on any atom is 0.302 e. The lowest BCUT2D eigenvalue weighted by atomic mass is 10.2. The molecule has 0 aromatic carbocycles. The predicted molar refractivity (Wildman–Crippen MR) is 88.9 cm³/mol. The van der Waals surface area contributed by atoms with E-state index in [9.17, 15) is 10.1 Å². The summed E-state index contributed by atoms with van der Waals surface area (Å²) in [6.07, 6.45) is 4.56. The van der Waals surface area contributed by atoms with Crippen LogP contribution in [0.3, 0.4) is 0 Å². The Hall–Kier alpha value is -2.44. The number of amides is 1. The summed E-state index contributed by atoms with van der Waals surface area (Å²) >= 11 is 1.25. The summed E-state index contributed by atoms with van der Waals surface area (Å²) in [4.78, 5) is 16.6. The third kappa shape index (κ3) is 4.35. The molecule has 1 amide bonds. The number of anilines is 1. The molecule has 0 bridgehead atoms. The topological polar surface area (TPSA) is 105 Å². The Bertz CT molecular complexity index is 815. The lowest BCUT2D eigenvalue weighted by molar-refractivity contribution is -0.763. The first-order chi connectivity index (χ1) is 12.2. The largest absolute Gasteiger partial charge is 0.378 e. The minimum atomic E-state index is -0.244. The molecule has 2 heterocycles. The molecule has 1 aliphatic carbocycles. The van der Waals surface area contributed by atoms with Gasteiger partial charge in [-0.3, -0.25) is 14.6 Å². The summed E-state index contributed by atoms with van der Waals surface area (Å²) in [5.41, 5.74) is 2.71. The minimum Gasteiger partial charge on any atom is -0.378 e. The number of fused-ring (bicyclic) bond motifs is 1. The van der Waals surface area contributed by atoms with Crippen molar-refractivity contribution >= 4 is 23.6 Å². The van der Waals surface area contributed by atoms with E-state index in [0.717, 1.165) is 30.5 Å². The Labute approximate surface area is 149 Å². The molecular weight excluding hydrogens is 342 g/mol. The van der Waals surface area contributed by atoms with Crippen LogP contribution < -0.4 is 10.00 Å². The molecule has 0 saturated heterocycles. The second kappa shape index (κ2) is 8.09. The number of ether oxygens (including phenoxy) is 1. The summed E-state index contributed by atoms with van der Waals surface area (Å²) < 4.78 is 11.5. The third-order valence-corrected chi connectivity index (χ3v) is 4.76. The van der Waals surface area contributed by atoms with Gasteiger partial charge in [0.2, 0.25) is 17.7 Å². The van der Waals surface area contributed by atoms with Gasteiger partial charge in [-0.15, -0.1) is 0 Å². The van der Waals surface area contributed by atoms with Crippen molar-refractivity contribution in [2.75, 3.05) is 24.8 Å². The quantitative estimate of drug-likeness (QED) is 0.582. The van der Waals surface area contributed by atoms with Crippen molar-refractivity contribution in [1.82, 2.24) is 10.3 Å². The van der Waals surface area contributed by atoms with Gasteiger partial charge in [-0.1, -0.05) is 11.8 Å². The van der Waals surface area contributed by atoms with Crippen molar-refractivity contribution in [1.29, 1.82) is 5.26 Å². The first-order valence-electron chi connectivity index (χ1n) is 7.90. The van der Waals surface area contributed by atoms with Crippen molar-refractivity contribution < 1.29 is 18.7 Å². The van der Waals surface area contributed by atoms with Crippen LogP contribution in [0.2, 0.25) is 0 Å². The van der Waals surface area contributed by atoms with Gasteiger partial charge in [0.15, 0.2) is 0 Å². The molecule has 3 rings (SSSR count). The number of carbonyl (C=O) groups excluding carboxylic acids is 1. The summed E-state index contributed by atoms with van der Waals surface area (Å²) in [7, 11) is 1.60. The van der Waals surface area contributed by atoms with E-state index in [1.165, 1.54) is 11.8 Å². The van der Waals surface area contributed by atoms with Crippen LogP contribution in [0.5, 0.6) is 0 Å². The van der Waals surface area contributed by atoms with E-state index in [1.807, 2.05) is 6.07 Å². The maximum atomic E-state index is 12.1. The number of pyridine rings is 1. The highest BCUT2D eigenvalue weighted by Gasteiger charge is 2.18. The molecule has 0 saturated carbocycles. The molecule has 130 valence electrons. The second-order valence-electron chi connectivity index (χ2n) is 5.57. The molecule has 1 aliphatic rings. The highest BCUT2D eigenvalue weighted by Crippen LogP contribution is 2.27. The number of aryl methyl sites for hydroxylation is 2. The van der Waals surface area contributed by atoms with E-state index in [1.54, 1.807) is 18.0 Å². The van der Waals surface area contributed by atoms with Crippen LogP contribution in [0.15, 0.2) is 21.8 Å². The number of nitriles is 1. The Morgan fingerprint density at radius 3 is 3.24 bits per heavy atom. The van der Waals surface area contributed by atoms with Crippen molar-refractivity contribution in [3.05, 3.63) is 29.1 Å². The number of nitrogens with one attached hydrogen (secondary N) is 1. The van der Waals surface area contributed by atoms with E-state index in [2.05, 4.69) is 21.6 Å². The SMILES string of the molecule is COCC[n+]1cc(NC(=O)CSc2nc3c(cc2C#N)CCC3)on1. The lowest BCUT2D eigenvalue weighted by Gasteiger charge is -2.06. The highest BCUT2D eigenvalue weighted by molar-refractivity contribution is 8.00. The molecule has 2 aromatic rings. The van der Waals surface area contributed by atoms with E-state index in [4.69, 9.17) is 9.26 Å². The summed E-state index contributed by atoms with van der Waals surface area (Å²) in [5.74, 6) is 0.162. The molecule has 0 atom stereocenters. The summed E-state index contributed by atoms with van der Waals surface area (Å²) in [6, 6.07) is 4.06. The zero-order valence-electron chi connectivity index (χ0n) is 13.8. The lowest BCUT2D eigenvalue weighted by Crippen LogP contribution is -2.36. The smallest absolute Gasteiger partial charge is 0.302 e. The molecule has 0 fully saturated rings. The van der Waals surface area contributed by atoms with Crippen LogP contribution in [-0.2, 0) is 28.9 Å². The van der Waals surface area contributed by atoms with E-state index < -0.39 is 0 Å². The number of hydrogen-bond acceptors (Lipinski definition) is 7. The number of nitrogens with zero attached hydrogens (tertiary/aromatic N) is 4. The first-order valence-corrected chi connectivity index (χ1v) is 8.89. The Morgan fingerprint density at radius 2 is 2.44 bits per heavy atom. The van der Waals surface area contributed by atoms with Crippen LogP contribution in [0, 0.1) is 11.3 Å². The van der Waals surface area contributed by atoms with Gasteiger partial charge in [0.1, 0.15) is 17.7 Å². The fourth-order valence-corrected chi connectivity index (χ4v) is 3.35. The van der Waals surface area contributed by atoms with Gasteiger partial charge >= 0.3 is 5.88 Å². The fourth-order valence-electron chi connectivity index (χ4n) is 2.57. The summed E-state index contributed by atoms with van der Waals surface area (Å²) in [6.45, 7) is 1.04. The second-order valence-corrected chi connectivity index (χ2v) is 6.54. The van der Waals surface area contributed by atoms with Gasteiger partial charge in [0.25, 0.3) is 6.20 Å². The Balaban J connectivity index is 1.57. The minimum absolute atomic E-state index is 0.138. The van der Waals surface area contributed by atoms with Crippen LogP contribution in [0.1, 0.15) is 23.2 Å². The number of hydrogen-bond donors (Lipinski definition) is 1. The van der Waals surface area contributed by atoms with Crippen molar-refractivity contribution in [2.24, 2.45) is 0 Å². The zero-order valence-corrected chi connectivity index (χ0v) is 14.6. The van der Waals surface area contributed by atoms with Crippen LogP contribution in [0.4, 0.5) is 5.88 Å². The average Bonchev–Trinajstić information content (AvgIpc) is 3.25. The maximum absolute atomic E-state index is 12.1. The van der Waals surface area contributed by atoms with Crippen LogP contribution in [-0.4, -0.2) is 35.6 Å². The van der Waals surface area contributed by atoms with Crippen molar-refractivity contribution in [2.45, 2.75) is 30.8 Å². The van der Waals surface area contributed by atoms with Crippen molar-refractivity contribution in [3.8, 4) is 6.07 Å². The van der Waals surface area contributed by atoms with Crippen molar-refractivity contribution in [3.63, 3.8) is 0 Å². The monoisotopic (exact) mass is 360 g/mol. The molecular formula is C16H18N5O3S+. The zero-order chi connectivity index (χ0) is 17.6. The van der Waals surface area contributed by atoms with Crippen LogP contribution in [0.25, 0.3) is 0 Å². The van der Waals surface area contributed by atoms with E-state index in [0.29, 0.717) is 23.7 Å². The molecule has 0 aliphatic heterocycles. The van der Waals surface area contributed by atoms with Crippen LogP contribution >= 0.6 is 11.8 Å². The molecule has 1 N–H and O–H groups in total. The Kier molecular flexibility index (Phi) is 5.63. The van der Waals surface area contributed by atoms with E-state index >= 15 is 0 Å². The molecule has 0 spiro atoms. The number of methoxy groups -OCH3 is 1. The van der Waals surface area contributed by atoms with Gasteiger partial charge in [-0.05, 0) is 35.6 Å². The Morgan fingerprint density at radius 1 is 1.56 bits per heavy atom. The molecule has 25 heavy (non-hydrogen) atoms. The normalized spacial score (nSPS) is 12.6. The molecule has 0 unspecified atom stereocenters. The first kappa shape index (κ1) is 17.4. The number of thioether (sulfide) groups is 1. The standard InChI is InChI=1S/C16H17N5O3S/c1-23-6-5-21-9-15(24-20-21)19-14(22)10-25-16-12(8-17)7-11-3-2-4-13(11)18-16/h7,9H,2-6,10H2,1H3/p+1. The molecule has 9 heteroatoms. The number of rotatable bonds is 7. The average molecular weight is 360 g/mol. The molecule has 2 aromatic heterocycles. The molecule has 8 nitrogen and oxygen atoms in total. The van der Waals surface area contributed by atoms with Gasteiger partial charge in [0.05, 0.1) is 11.3 Å². The van der Waals surface area contributed by atoms with E-state index in [-0.39, 0.29) is 17.5 Å². The van der Waals surface area contributed by atoms with Gasteiger partial charge in [-0.2, -0.15) is 5.26 Å². The number of carbonyl (C=O) groups is 1. The fraction of sp³-hybridized carbons (Fsp3) is 0.438. The van der Waals surface area contributed by atoms with Gasteiger partial charge < -0.3 is 4.74 Å². The van der Waals surface area contributed by atoms with Gasteiger partial charge in [0, 0.05) is 12.8 Å². The molecule has 0 radical (unpaired) electrons. The number of aromatic nitrogens is 3. The van der Waals surface area contributed by atoms with Gasteiger partial charge in [-0.25, -0.2) is 4.98 Å². The summed E-state index contributed by atoms with van der Waals surface area (Å²) in [5, 5.41) is 16.3.